The van der Waals surface area contributed by atoms with Crippen LogP contribution in [0.15, 0.2) is 40.6 Å². The summed E-state index contributed by atoms with van der Waals surface area (Å²) in [4.78, 5) is 0.903. The lowest BCUT2D eigenvalue weighted by Crippen LogP contribution is -2.36. The Hall–Kier alpha value is -1.44. The number of nitrogen functional groups attached to an aromatic ring is 1. The topological polar surface area (TPSA) is 63.4 Å². The van der Waals surface area contributed by atoms with E-state index >= 15 is 0 Å². The van der Waals surface area contributed by atoms with Crippen molar-refractivity contribution in [2.75, 3.05) is 12.8 Å². The fraction of sp³-hybridized carbons (Fsp3) is 0.286. The number of nitrogens with two attached hydrogens (primary N) is 1. The van der Waals surface area contributed by atoms with Crippen LogP contribution in [0.3, 0.4) is 0 Å². The molecule has 0 amide bonds. The molecule has 2 N–H and O–H groups in total. The van der Waals surface area contributed by atoms with E-state index in [-0.39, 0.29) is 16.6 Å². The Morgan fingerprint density at radius 1 is 1.38 bits per heavy atom. The number of rotatable bonds is 5. The van der Waals surface area contributed by atoms with Gasteiger partial charge in [-0.3, -0.25) is 0 Å². The Morgan fingerprint density at radius 3 is 2.71 bits per heavy atom. The lowest BCUT2D eigenvalue weighted by molar-refractivity contribution is 0.388. The zero-order valence-corrected chi connectivity index (χ0v) is 13.4. The number of nitrogens with zero attached hydrogens (tertiary/aromatic N) is 1. The van der Waals surface area contributed by atoms with Crippen LogP contribution in [-0.4, -0.2) is 25.8 Å². The maximum Gasteiger partial charge on any atom is 0.245 e. The second kappa shape index (κ2) is 6.13. The second-order valence-electron chi connectivity index (χ2n) is 4.84. The third kappa shape index (κ3) is 3.42. The highest BCUT2D eigenvalue weighted by Crippen LogP contribution is 2.25. The third-order valence-corrected chi connectivity index (χ3v) is 6.26. The van der Waals surface area contributed by atoms with Crippen LogP contribution in [0.2, 0.25) is 0 Å². The molecule has 0 fully saturated rings. The van der Waals surface area contributed by atoms with Crippen LogP contribution < -0.4 is 5.73 Å². The summed E-state index contributed by atoms with van der Waals surface area (Å²) in [5.41, 5.74) is 5.73. The molecule has 1 unspecified atom stereocenters. The van der Waals surface area contributed by atoms with Gasteiger partial charge in [0, 0.05) is 18.0 Å². The standard InChI is InChI=1S/C14H17FN2O2S2/c1-10(8-12-4-3-7-20-12)17(2)21(18,19)14-9-11(15)5-6-13(14)16/h3-7,9-10H,8,16H2,1-2H3. The smallest absolute Gasteiger partial charge is 0.245 e. The summed E-state index contributed by atoms with van der Waals surface area (Å²) in [5.74, 6) is -0.623. The normalized spacial score (nSPS) is 13.5. The molecule has 0 aliphatic carbocycles. The molecule has 1 heterocycles. The minimum absolute atomic E-state index is 0.0478. The van der Waals surface area contributed by atoms with Crippen LogP contribution in [0.4, 0.5) is 10.1 Å². The molecule has 1 aromatic carbocycles. The van der Waals surface area contributed by atoms with Crippen LogP contribution in [0.25, 0.3) is 0 Å². The van der Waals surface area contributed by atoms with Crippen molar-refractivity contribution >= 4 is 27.0 Å². The Morgan fingerprint density at radius 2 is 2.10 bits per heavy atom. The summed E-state index contributed by atoms with van der Waals surface area (Å²) in [6.45, 7) is 1.81. The highest BCUT2D eigenvalue weighted by molar-refractivity contribution is 7.89. The Balaban J connectivity index is 2.27. The summed E-state index contributed by atoms with van der Waals surface area (Å²) >= 11 is 1.57. The third-order valence-electron chi connectivity index (χ3n) is 3.33. The highest BCUT2D eigenvalue weighted by atomic mass is 32.2. The molecule has 114 valence electrons. The van der Waals surface area contributed by atoms with Gasteiger partial charge in [-0.05, 0) is 43.0 Å². The van der Waals surface area contributed by atoms with Crippen molar-refractivity contribution in [2.24, 2.45) is 0 Å². The van der Waals surface area contributed by atoms with E-state index in [1.54, 1.807) is 11.3 Å². The zero-order chi connectivity index (χ0) is 15.6. The Kier molecular flexibility index (Phi) is 4.65. The average Bonchev–Trinajstić information content (AvgIpc) is 2.93. The molecule has 1 aromatic heterocycles. The van der Waals surface area contributed by atoms with Gasteiger partial charge in [0.2, 0.25) is 10.0 Å². The number of likely N-dealkylation sites (N-methyl/N-ethyl adjacent to an activating group) is 1. The van der Waals surface area contributed by atoms with Crippen LogP contribution >= 0.6 is 11.3 Å². The van der Waals surface area contributed by atoms with Crippen molar-refractivity contribution in [3.8, 4) is 0 Å². The number of thiophene rings is 1. The van der Waals surface area contributed by atoms with Crippen molar-refractivity contribution < 1.29 is 12.8 Å². The quantitative estimate of drug-likeness (QED) is 0.858. The molecular formula is C14H17FN2O2S2. The number of hydrogen-bond acceptors (Lipinski definition) is 4. The molecule has 21 heavy (non-hydrogen) atoms. The molecule has 4 nitrogen and oxygen atoms in total. The molecular weight excluding hydrogens is 311 g/mol. The van der Waals surface area contributed by atoms with Crippen LogP contribution in [0.5, 0.6) is 0 Å². The molecule has 7 heteroatoms. The Bertz CT molecular complexity index is 715. The van der Waals surface area contributed by atoms with Gasteiger partial charge < -0.3 is 5.73 Å². The maximum absolute atomic E-state index is 13.3. The molecule has 1 atom stereocenters. The van der Waals surface area contributed by atoms with E-state index in [0.29, 0.717) is 6.42 Å². The summed E-state index contributed by atoms with van der Waals surface area (Å²) in [5, 5.41) is 1.95. The fourth-order valence-electron chi connectivity index (χ4n) is 1.97. The van der Waals surface area contributed by atoms with Gasteiger partial charge in [-0.25, -0.2) is 12.8 Å². The largest absolute Gasteiger partial charge is 0.398 e. The number of hydrogen-bond donors (Lipinski definition) is 1. The number of halogens is 1. The molecule has 2 aromatic rings. The van der Waals surface area contributed by atoms with E-state index in [9.17, 15) is 12.8 Å². The van der Waals surface area contributed by atoms with Crippen molar-refractivity contribution in [1.29, 1.82) is 0 Å². The molecule has 0 spiro atoms. The first kappa shape index (κ1) is 15.9. The monoisotopic (exact) mass is 328 g/mol. The van der Waals surface area contributed by atoms with Gasteiger partial charge in [0.05, 0.1) is 5.69 Å². The van der Waals surface area contributed by atoms with Gasteiger partial charge in [0.25, 0.3) is 0 Å². The first-order valence-corrected chi connectivity index (χ1v) is 8.70. The van der Waals surface area contributed by atoms with E-state index in [1.807, 2.05) is 24.4 Å². The van der Waals surface area contributed by atoms with Crippen LogP contribution in [0.1, 0.15) is 11.8 Å². The molecule has 0 radical (unpaired) electrons. The van der Waals surface area contributed by atoms with Gasteiger partial charge in [0.1, 0.15) is 10.7 Å². The van der Waals surface area contributed by atoms with Crippen molar-refractivity contribution in [3.63, 3.8) is 0 Å². The molecule has 0 saturated carbocycles. The van der Waals surface area contributed by atoms with E-state index < -0.39 is 15.8 Å². The van der Waals surface area contributed by atoms with E-state index in [0.717, 1.165) is 17.0 Å². The van der Waals surface area contributed by atoms with E-state index in [4.69, 9.17) is 5.73 Å². The van der Waals surface area contributed by atoms with E-state index in [2.05, 4.69) is 0 Å². The maximum atomic E-state index is 13.3. The van der Waals surface area contributed by atoms with Gasteiger partial charge >= 0.3 is 0 Å². The van der Waals surface area contributed by atoms with Crippen LogP contribution in [-0.2, 0) is 16.4 Å². The van der Waals surface area contributed by atoms with Gasteiger partial charge in [-0.2, -0.15) is 4.31 Å². The number of anilines is 1. The lowest BCUT2D eigenvalue weighted by Gasteiger charge is -2.24. The molecule has 0 bridgehead atoms. The number of benzene rings is 1. The van der Waals surface area contributed by atoms with Crippen molar-refractivity contribution in [2.45, 2.75) is 24.3 Å². The molecule has 0 saturated heterocycles. The van der Waals surface area contributed by atoms with Crippen LogP contribution in [0, 0.1) is 5.82 Å². The minimum atomic E-state index is -3.82. The summed E-state index contributed by atoms with van der Waals surface area (Å²) in [6, 6.07) is 6.99. The molecule has 0 aliphatic heterocycles. The van der Waals surface area contributed by atoms with E-state index in [1.165, 1.54) is 17.4 Å². The minimum Gasteiger partial charge on any atom is -0.398 e. The zero-order valence-electron chi connectivity index (χ0n) is 11.8. The summed E-state index contributed by atoms with van der Waals surface area (Å²) in [7, 11) is -2.34. The summed E-state index contributed by atoms with van der Waals surface area (Å²) < 4.78 is 39.7. The number of sulfonamides is 1. The van der Waals surface area contributed by atoms with Gasteiger partial charge in [-0.15, -0.1) is 11.3 Å². The first-order valence-electron chi connectivity index (χ1n) is 6.38. The predicted octanol–water partition coefficient (Wildman–Crippen LogP) is 2.72. The first-order chi connectivity index (χ1) is 9.82. The average molecular weight is 328 g/mol. The molecule has 2 rings (SSSR count). The summed E-state index contributed by atoms with van der Waals surface area (Å²) in [6.07, 6.45) is 0.600. The Labute approximate surface area is 128 Å². The van der Waals surface area contributed by atoms with Crippen molar-refractivity contribution in [1.82, 2.24) is 4.31 Å². The predicted molar refractivity (Wildman–Crippen MR) is 83.2 cm³/mol. The SMILES string of the molecule is CC(Cc1cccs1)N(C)S(=O)(=O)c1cc(F)ccc1N. The second-order valence-corrected chi connectivity index (χ2v) is 7.83. The fourth-order valence-corrected chi connectivity index (χ4v) is 4.28. The molecule has 0 aliphatic rings. The van der Waals surface area contributed by atoms with Gasteiger partial charge in [-0.1, -0.05) is 6.07 Å². The highest BCUT2D eigenvalue weighted by Gasteiger charge is 2.27. The van der Waals surface area contributed by atoms with Crippen molar-refractivity contribution in [3.05, 3.63) is 46.4 Å². The van der Waals surface area contributed by atoms with Gasteiger partial charge in [0.15, 0.2) is 0 Å². The lowest BCUT2D eigenvalue weighted by atomic mass is 10.2.